The molecule has 2 atom stereocenters. The minimum atomic E-state index is -0.571. The number of fused-ring (bicyclic) bond motifs is 1. The summed E-state index contributed by atoms with van der Waals surface area (Å²) in [6.07, 6.45) is 6.36. The van der Waals surface area contributed by atoms with E-state index in [1.165, 1.54) is 0 Å². The molecule has 4 nitrogen and oxygen atoms in total. The molecule has 2 aliphatic rings. The normalized spacial score (nSPS) is 27.0. The summed E-state index contributed by atoms with van der Waals surface area (Å²) in [6, 6.07) is 9.92. The van der Waals surface area contributed by atoms with Crippen LogP contribution in [0.25, 0.3) is 0 Å². The van der Waals surface area contributed by atoms with Gasteiger partial charge < -0.3 is 14.7 Å². The summed E-state index contributed by atoms with van der Waals surface area (Å²) in [6.45, 7) is 3.52. The van der Waals surface area contributed by atoms with Gasteiger partial charge in [-0.1, -0.05) is 24.6 Å². The molecule has 126 valence electrons. The molecule has 0 unspecified atom stereocenters. The second-order valence-electron chi connectivity index (χ2n) is 7.01. The van der Waals surface area contributed by atoms with Gasteiger partial charge in [-0.15, -0.1) is 0 Å². The Morgan fingerprint density at radius 3 is 2.83 bits per heavy atom. The van der Waals surface area contributed by atoms with E-state index in [9.17, 15) is 9.90 Å². The number of likely N-dealkylation sites (tertiary alicyclic amines) is 1. The topological polar surface area (TPSA) is 49.8 Å². The molecule has 1 aromatic rings. The first kappa shape index (κ1) is 16.3. The molecule has 0 spiro atoms. The van der Waals surface area contributed by atoms with Crippen molar-refractivity contribution in [1.82, 2.24) is 4.90 Å². The Labute approximate surface area is 138 Å². The van der Waals surface area contributed by atoms with Gasteiger partial charge in [-0.05, 0) is 56.7 Å². The van der Waals surface area contributed by atoms with Gasteiger partial charge in [-0.3, -0.25) is 4.79 Å². The average molecular weight is 317 g/mol. The van der Waals surface area contributed by atoms with Gasteiger partial charge in [0.15, 0.2) is 0 Å². The highest BCUT2D eigenvalue weighted by Crippen LogP contribution is 2.48. The van der Waals surface area contributed by atoms with Crippen LogP contribution in [0.1, 0.15) is 38.5 Å². The molecule has 0 amide bonds. The Morgan fingerprint density at radius 1 is 1.26 bits per heavy atom. The summed E-state index contributed by atoms with van der Waals surface area (Å²) in [4.78, 5) is 14.0. The molecule has 1 aliphatic carbocycles. The van der Waals surface area contributed by atoms with E-state index >= 15 is 0 Å². The van der Waals surface area contributed by atoms with E-state index in [1.54, 1.807) is 0 Å². The van der Waals surface area contributed by atoms with Gasteiger partial charge in [-0.25, -0.2) is 0 Å². The number of hydrogen-bond donors (Lipinski definition) is 1. The highest BCUT2D eigenvalue weighted by Gasteiger charge is 2.54. The lowest BCUT2D eigenvalue weighted by molar-refractivity contribution is -0.149. The van der Waals surface area contributed by atoms with Crippen molar-refractivity contribution in [2.75, 3.05) is 26.2 Å². The molecular weight excluding hydrogens is 290 g/mol. The van der Waals surface area contributed by atoms with Gasteiger partial charge >= 0.3 is 5.97 Å². The fourth-order valence-corrected chi connectivity index (χ4v) is 4.23. The van der Waals surface area contributed by atoms with Crippen molar-refractivity contribution in [2.45, 2.75) is 38.5 Å². The lowest BCUT2D eigenvalue weighted by Crippen LogP contribution is -2.35. The number of aliphatic carboxylic acids is 1. The van der Waals surface area contributed by atoms with Crippen LogP contribution in [0.3, 0.4) is 0 Å². The minimum absolute atomic E-state index is 0.376. The molecule has 0 radical (unpaired) electrons. The summed E-state index contributed by atoms with van der Waals surface area (Å²) in [7, 11) is 0. The molecule has 1 saturated carbocycles. The van der Waals surface area contributed by atoms with Crippen molar-refractivity contribution in [3.63, 3.8) is 0 Å². The quantitative estimate of drug-likeness (QED) is 0.746. The number of benzene rings is 1. The van der Waals surface area contributed by atoms with Crippen LogP contribution in [0.5, 0.6) is 5.75 Å². The SMILES string of the molecule is O=C(O)[C@@]12CCC[C@H]1CN(CCCCCOc1ccccc1)C2. The fourth-order valence-electron chi connectivity index (χ4n) is 4.23. The van der Waals surface area contributed by atoms with Crippen molar-refractivity contribution >= 4 is 5.97 Å². The smallest absolute Gasteiger partial charge is 0.311 e. The van der Waals surface area contributed by atoms with E-state index in [0.717, 1.165) is 70.5 Å². The average Bonchev–Trinajstić information content (AvgIpc) is 3.09. The molecule has 4 heteroatoms. The number of rotatable bonds is 8. The number of nitrogens with zero attached hydrogens (tertiary/aromatic N) is 1. The fraction of sp³-hybridized carbons (Fsp3) is 0.632. The van der Waals surface area contributed by atoms with Gasteiger partial charge in [0.05, 0.1) is 12.0 Å². The van der Waals surface area contributed by atoms with Crippen molar-refractivity contribution in [3.05, 3.63) is 30.3 Å². The molecule has 2 fully saturated rings. The van der Waals surface area contributed by atoms with Gasteiger partial charge in [0.1, 0.15) is 5.75 Å². The van der Waals surface area contributed by atoms with Crippen LogP contribution < -0.4 is 4.74 Å². The molecule has 1 N–H and O–H groups in total. The summed E-state index contributed by atoms with van der Waals surface area (Å²) >= 11 is 0. The third-order valence-electron chi connectivity index (χ3n) is 5.50. The van der Waals surface area contributed by atoms with Crippen LogP contribution in [0, 0.1) is 11.3 Å². The van der Waals surface area contributed by atoms with Crippen LogP contribution >= 0.6 is 0 Å². The summed E-state index contributed by atoms with van der Waals surface area (Å²) in [5, 5.41) is 9.60. The number of para-hydroxylation sites is 1. The van der Waals surface area contributed by atoms with E-state index in [-0.39, 0.29) is 0 Å². The maximum atomic E-state index is 11.7. The van der Waals surface area contributed by atoms with Crippen LogP contribution in [-0.4, -0.2) is 42.2 Å². The molecular formula is C19H27NO3. The zero-order valence-electron chi connectivity index (χ0n) is 13.7. The minimum Gasteiger partial charge on any atom is -0.494 e. The van der Waals surface area contributed by atoms with Crippen LogP contribution in [0.4, 0.5) is 0 Å². The molecule has 1 aliphatic heterocycles. The highest BCUT2D eigenvalue weighted by molar-refractivity contribution is 5.76. The van der Waals surface area contributed by atoms with Gasteiger partial charge in [0.2, 0.25) is 0 Å². The molecule has 0 bridgehead atoms. The lowest BCUT2D eigenvalue weighted by Gasteiger charge is -2.23. The highest BCUT2D eigenvalue weighted by atomic mass is 16.5. The predicted molar refractivity (Wildman–Crippen MR) is 89.6 cm³/mol. The summed E-state index contributed by atoms with van der Waals surface area (Å²) < 4.78 is 5.69. The number of carboxylic acid groups (broad SMARTS) is 1. The number of hydrogen-bond acceptors (Lipinski definition) is 3. The third kappa shape index (κ3) is 3.69. The first-order valence-electron chi connectivity index (χ1n) is 8.84. The van der Waals surface area contributed by atoms with Gasteiger partial charge in [-0.2, -0.15) is 0 Å². The summed E-state index contributed by atoms with van der Waals surface area (Å²) in [5.41, 5.74) is -0.434. The number of carboxylic acids is 1. The van der Waals surface area contributed by atoms with Crippen LogP contribution in [0.2, 0.25) is 0 Å². The molecule has 1 aromatic carbocycles. The zero-order valence-corrected chi connectivity index (χ0v) is 13.7. The molecule has 1 heterocycles. The second kappa shape index (κ2) is 7.35. The third-order valence-corrected chi connectivity index (χ3v) is 5.50. The lowest BCUT2D eigenvalue weighted by atomic mass is 9.81. The van der Waals surface area contributed by atoms with Crippen molar-refractivity contribution < 1.29 is 14.6 Å². The Balaban J connectivity index is 1.32. The summed E-state index contributed by atoms with van der Waals surface area (Å²) in [5.74, 6) is 0.739. The standard InChI is InChI=1S/C19H27NO3/c21-18(22)19-11-7-8-16(19)14-20(15-19)12-5-2-6-13-23-17-9-3-1-4-10-17/h1,3-4,9-10,16H,2,5-8,11-15H2,(H,21,22)/t16-,19+/m0/s1. The Morgan fingerprint density at radius 2 is 2.09 bits per heavy atom. The van der Waals surface area contributed by atoms with Gasteiger partial charge in [0, 0.05) is 13.1 Å². The number of ether oxygens (including phenoxy) is 1. The zero-order chi connectivity index (χ0) is 16.1. The Bertz CT molecular complexity index is 519. The molecule has 23 heavy (non-hydrogen) atoms. The van der Waals surface area contributed by atoms with E-state index in [2.05, 4.69) is 4.90 Å². The van der Waals surface area contributed by atoms with E-state index in [1.807, 2.05) is 30.3 Å². The van der Waals surface area contributed by atoms with Crippen molar-refractivity contribution in [2.24, 2.45) is 11.3 Å². The number of unbranched alkanes of at least 4 members (excludes halogenated alkanes) is 2. The maximum absolute atomic E-state index is 11.7. The predicted octanol–water partition coefficient (Wildman–Crippen LogP) is 3.42. The maximum Gasteiger partial charge on any atom is 0.311 e. The van der Waals surface area contributed by atoms with Gasteiger partial charge in [0.25, 0.3) is 0 Å². The van der Waals surface area contributed by atoms with Crippen LogP contribution in [0.15, 0.2) is 30.3 Å². The Kier molecular flexibility index (Phi) is 5.21. The largest absolute Gasteiger partial charge is 0.494 e. The van der Waals surface area contributed by atoms with E-state index < -0.39 is 11.4 Å². The monoisotopic (exact) mass is 317 g/mol. The van der Waals surface area contributed by atoms with Crippen LogP contribution in [-0.2, 0) is 4.79 Å². The van der Waals surface area contributed by atoms with E-state index in [0.29, 0.717) is 5.92 Å². The van der Waals surface area contributed by atoms with Crippen molar-refractivity contribution in [3.8, 4) is 5.75 Å². The number of carbonyl (C=O) groups is 1. The second-order valence-corrected chi connectivity index (χ2v) is 7.01. The first-order chi connectivity index (χ1) is 11.2. The van der Waals surface area contributed by atoms with E-state index in [4.69, 9.17) is 4.74 Å². The molecule has 3 rings (SSSR count). The Hall–Kier alpha value is -1.55. The molecule has 1 saturated heterocycles. The first-order valence-corrected chi connectivity index (χ1v) is 8.84. The van der Waals surface area contributed by atoms with Crippen molar-refractivity contribution in [1.29, 1.82) is 0 Å². The molecule has 0 aromatic heterocycles.